The van der Waals surface area contributed by atoms with Crippen LogP contribution in [0.5, 0.6) is 5.75 Å². The molecular weight excluding hydrogens is 318 g/mol. The van der Waals surface area contributed by atoms with Gasteiger partial charge in [-0.15, -0.1) is 0 Å². The molecule has 1 N–H and O–H groups in total. The van der Waals surface area contributed by atoms with E-state index >= 15 is 0 Å². The number of carboxylic acids is 1. The molecule has 5 heteroatoms. The van der Waals surface area contributed by atoms with E-state index in [9.17, 15) is 9.90 Å². The van der Waals surface area contributed by atoms with Crippen molar-refractivity contribution in [1.82, 2.24) is 4.90 Å². The molecule has 2 aliphatic heterocycles. The van der Waals surface area contributed by atoms with Crippen LogP contribution in [0.2, 0.25) is 0 Å². The van der Waals surface area contributed by atoms with Crippen molar-refractivity contribution in [1.29, 1.82) is 0 Å². The summed E-state index contributed by atoms with van der Waals surface area (Å²) in [5, 5.41) is 9.81. The SMILES string of the molecule is CCOc1ccc(CN2CCC3(CCOCC3)C(C(=O)O)C2)c(C)c1. The molecule has 2 aliphatic rings. The Bertz CT molecular complexity index is 610. The molecule has 2 saturated heterocycles. The number of benzene rings is 1. The number of aliphatic carboxylic acids is 1. The zero-order chi connectivity index (χ0) is 17.9. The van der Waals surface area contributed by atoms with E-state index in [1.54, 1.807) is 0 Å². The fourth-order valence-electron chi connectivity index (χ4n) is 4.30. The zero-order valence-corrected chi connectivity index (χ0v) is 15.3. The highest BCUT2D eigenvalue weighted by atomic mass is 16.5. The van der Waals surface area contributed by atoms with Crippen LogP contribution >= 0.6 is 0 Å². The summed E-state index contributed by atoms with van der Waals surface area (Å²) >= 11 is 0. The van der Waals surface area contributed by atoms with Gasteiger partial charge < -0.3 is 14.6 Å². The molecule has 138 valence electrons. The van der Waals surface area contributed by atoms with Crippen molar-refractivity contribution in [2.75, 3.05) is 32.9 Å². The minimum atomic E-state index is -0.657. The van der Waals surface area contributed by atoms with Crippen LogP contribution in [0.4, 0.5) is 0 Å². The lowest BCUT2D eigenvalue weighted by Gasteiger charge is -2.48. The van der Waals surface area contributed by atoms with E-state index in [1.807, 2.05) is 13.0 Å². The van der Waals surface area contributed by atoms with Gasteiger partial charge in [0.1, 0.15) is 5.75 Å². The summed E-state index contributed by atoms with van der Waals surface area (Å²) in [5.41, 5.74) is 2.37. The monoisotopic (exact) mass is 347 g/mol. The van der Waals surface area contributed by atoms with E-state index in [0.29, 0.717) is 26.4 Å². The molecule has 3 rings (SSSR count). The van der Waals surface area contributed by atoms with Crippen LogP contribution in [0.25, 0.3) is 0 Å². The number of aryl methyl sites for hydroxylation is 1. The average molecular weight is 347 g/mol. The fraction of sp³-hybridized carbons (Fsp3) is 0.650. The third kappa shape index (κ3) is 3.98. The van der Waals surface area contributed by atoms with Crippen molar-refractivity contribution >= 4 is 5.97 Å². The number of piperidine rings is 1. The van der Waals surface area contributed by atoms with Crippen LogP contribution in [0, 0.1) is 18.3 Å². The maximum atomic E-state index is 11.9. The van der Waals surface area contributed by atoms with E-state index in [2.05, 4.69) is 24.0 Å². The highest BCUT2D eigenvalue weighted by Gasteiger charge is 2.47. The summed E-state index contributed by atoms with van der Waals surface area (Å²) in [5.74, 6) is -0.0601. The largest absolute Gasteiger partial charge is 0.494 e. The zero-order valence-electron chi connectivity index (χ0n) is 15.3. The molecule has 1 spiro atoms. The second-order valence-corrected chi connectivity index (χ2v) is 7.37. The predicted molar refractivity (Wildman–Crippen MR) is 95.9 cm³/mol. The Labute approximate surface area is 149 Å². The van der Waals surface area contributed by atoms with Crippen LogP contribution in [-0.2, 0) is 16.1 Å². The lowest BCUT2D eigenvalue weighted by Crippen LogP contribution is -2.52. The summed E-state index contributed by atoms with van der Waals surface area (Å²) in [6.07, 6.45) is 2.70. The molecule has 0 aliphatic carbocycles. The number of rotatable bonds is 5. The summed E-state index contributed by atoms with van der Waals surface area (Å²) < 4.78 is 11.0. The first kappa shape index (κ1) is 18.2. The van der Waals surface area contributed by atoms with Gasteiger partial charge in [0.15, 0.2) is 0 Å². The molecule has 0 amide bonds. The Morgan fingerprint density at radius 1 is 1.36 bits per heavy atom. The normalized spacial score (nSPS) is 23.5. The van der Waals surface area contributed by atoms with Gasteiger partial charge in [0, 0.05) is 26.3 Å². The predicted octanol–water partition coefficient (Wildman–Crippen LogP) is 3.10. The number of carboxylic acid groups (broad SMARTS) is 1. The molecule has 0 aromatic heterocycles. The van der Waals surface area contributed by atoms with Crippen LogP contribution in [0.1, 0.15) is 37.3 Å². The lowest BCUT2D eigenvalue weighted by molar-refractivity contribution is -0.156. The minimum Gasteiger partial charge on any atom is -0.494 e. The second kappa shape index (κ2) is 7.75. The number of carbonyl (C=O) groups is 1. The van der Waals surface area contributed by atoms with E-state index in [0.717, 1.165) is 38.1 Å². The number of hydrogen-bond acceptors (Lipinski definition) is 4. The Hall–Kier alpha value is -1.59. The molecule has 5 nitrogen and oxygen atoms in total. The third-order valence-electron chi connectivity index (χ3n) is 5.91. The first-order chi connectivity index (χ1) is 12.0. The molecular formula is C20H29NO4. The van der Waals surface area contributed by atoms with Crippen LogP contribution < -0.4 is 4.74 Å². The van der Waals surface area contributed by atoms with Gasteiger partial charge in [0.25, 0.3) is 0 Å². The minimum absolute atomic E-state index is 0.0749. The molecule has 1 atom stereocenters. The molecule has 0 bridgehead atoms. The van der Waals surface area contributed by atoms with E-state index in [4.69, 9.17) is 9.47 Å². The molecule has 1 aromatic carbocycles. The van der Waals surface area contributed by atoms with Crippen LogP contribution in [0.15, 0.2) is 18.2 Å². The van der Waals surface area contributed by atoms with Crippen molar-refractivity contribution in [3.8, 4) is 5.75 Å². The van der Waals surface area contributed by atoms with Gasteiger partial charge >= 0.3 is 5.97 Å². The van der Waals surface area contributed by atoms with E-state index in [1.165, 1.54) is 11.1 Å². The maximum Gasteiger partial charge on any atom is 0.308 e. The standard InChI is InChI=1S/C20H29NO4/c1-3-25-17-5-4-16(15(2)12-17)13-21-9-6-20(7-10-24-11-8-20)18(14-21)19(22)23/h4-5,12,18H,3,6-11,13-14H2,1-2H3,(H,22,23). The summed E-state index contributed by atoms with van der Waals surface area (Å²) in [6.45, 7) is 8.51. The van der Waals surface area contributed by atoms with Gasteiger partial charge in [-0.1, -0.05) is 6.07 Å². The number of nitrogens with zero attached hydrogens (tertiary/aromatic N) is 1. The Morgan fingerprint density at radius 3 is 2.76 bits per heavy atom. The van der Waals surface area contributed by atoms with Gasteiger partial charge in [-0.05, 0) is 68.3 Å². The average Bonchev–Trinajstić information content (AvgIpc) is 2.60. The van der Waals surface area contributed by atoms with Crippen molar-refractivity contribution < 1.29 is 19.4 Å². The highest BCUT2D eigenvalue weighted by Crippen LogP contribution is 2.45. The van der Waals surface area contributed by atoms with Gasteiger partial charge in [-0.3, -0.25) is 9.69 Å². The van der Waals surface area contributed by atoms with Gasteiger partial charge in [-0.25, -0.2) is 0 Å². The first-order valence-corrected chi connectivity index (χ1v) is 9.29. The summed E-state index contributed by atoms with van der Waals surface area (Å²) in [4.78, 5) is 14.2. The molecule has 1 unspecified atom stereocenters. The Kier molecular flexibility index (Phi) is 5.64. The second-order valence-electron chi connectivity index (χ2n) is 7.37. The first-order valence-electron chi connectivity index (χ1n) is 9.29. The molecule has 25 heavy (non-hydrogen) atoms. The molecule has 2 heterocycles. The van der Waals surface area contributed by atoms with Crippen molar-refractivity contribution in [3.05, 3.63) is 29.3 Å². The van der Waals surface area contributed by atoms with Crippen molar-refractivity contribution in [3.63, 3.8) is 0 Å². The van der Waals surface area contributed by atoms with E-state index in [-0.39, 0.29) is 11.3 Å². The number of likely N-dealkylation sites (tertiary alicyclic amines) is 1. The van der Waals surface area contributed by atoms with Crippen molar-refractivity contribution in [2.45, 2.75) is 39.7 Å². The van der Waals surface area contributed by atoms with Crippen LogP contribution in [-0.4, -0.2) is 48.9 Å². The van der Waals surface area contributed by atoms with Gasteiger partial charge in [0.05, 0.1) is 12.5 Å². The van der Waals surface area contributed by atoms with E-state index < -0.39 is 5.97 Å². The lowest BCUT2D eigenvalue weighted by atomic mass is 9.65. The van der Waals surface area contributed by atoms with Crippen LogP contribution in [0.3, 0.4) is 0 Å². The third-order valence-corrected chi connectivity index (χ3v) is 5.91. The quantitative estimate of drug-likeness (QED) is 0.887. The fourth-order valence-corrected chi connectivity index (χ4v) is 4.30. The van der Waals surface area contributed by atoms with Crippen molar-refractivity contribution in [2.24, 2.45) is 11.3 Å². The molecule has 0 radical (unpaired) electrons. The molecule has 0 saturated carbocycles. The maximum absolute atomic E-state index is 11.9. The molecule has 1 aromatic rings. The topological polar surface area (TPSA) is 59.0 Å². The Balaban J connectivity index is 1.69. The number of hydrogen-bond donors (Lipinski definition) is 1. The smallest absolute Gasteiger partial charge is 0.308 e. The summed E-state index contributed by atoms with van der Waals surface area (Å²) in [7, 11) is 0. The summed E-state index contributed by atoms with van der Waals surface area (Å²) in [6, 6.07) is 6.18. The highest BCUT2D eigenvalue weighted by molar-refractivity contribution is 5.71. The number of ether oxygens (including phenoxy) is 2. The van der Waals surface area contributed by atoms with Gasteiger partial charge in [-0.2, -0.15) is 0 Å². The van der Waals surface area contributed by atoms with Gasteiger partial charge in [0.2, 0.25) is 0 Å². The Morgan fingerprint density at radius 2 is 2.12 bits per heavy atom. The molecule has 2 fully saturated rings.